The Balaban J connectivity index is 1.65. The zero-order valence-electron chi connectivity index (χ0n) is 13.5. The number of ketones is 1. The van der Waals surface area contributed by atoms with Crippen molar-refractivity contribution in [1.82, 2.24) is 4.90 Å². The minimum atomic E-state index is -0.396. The first-order valence-corrected chi connectivity index (χ1v) is 8.80. The van der Waals surface area contributed by atoms with E-state index in [1.54, 1.807) is 12.1 Å². The van der Waals surface area contributed by atoms with E-state index < -0.39 is 5.60 Å². The molecule has 0 N–H and O–H groups in total. The van der Waals surface area contributed by atoms with Crippen molar-refractivity contribution >= 4 is 17.4 Å². The monoisotopic (exact) mass is 341 g/mol. The van der Waals surface area contributed by atoms with Gasteiger partial charge in [0.05, 0.1) is 5.92 Å². The highest BCUT2D eigenvalue weighted by Gasteiger charge is 2.52. The molecule has 3 aliphatic heterocycles. The molecule has 0 amide bonds. The van der Waals surface area contributed by atoms with E-state index in [9.17, 15) is 4.79 Å². The first-order valence-electron chi connectivity index (χ1n) is 8.42. The van der Waals surface area contributed by atoms with Gasteiger partial charge in [-0.15, -0.1) is 0 Å². The van der Waals surface area contributed by atoms with E-state index in [1.807, 2.05) is 42.5 Å². The van der Waals surface area contributed by atoms with Crippen molar-refractivity contribution in [3.05, 3.63) is 65.2 Å². The summed E-state index contributed by atoms with van der Waals surface area (Å²) in [5.74, 6) is 0.870. The molecule has 0 aromatic heterocycles. The van der Waals surface area contributed by atoms with Crippen molar-refractivity contribution in [2.24, 2.45) is 5.92 Å². The number of piperidine rings is 3. The maximum absolute atomic E-state index is 13.1. The molecular weight excluding hydrogens is 322 g/mol. The minimum Gasteiger partial charge on any atom is -0.486 e. The topological polar surface area (TPSA) is 29.5 Å². The van der Waals surface area contributed by atoms with Gasteiger partial charge < -0.3 is 9.64 Å². The van der Waals surface area contributed by atoms with Crippen LogP contribution >= 0.6 is 11.6 Å². The Kier molecular flexibility index (Phi) is 4.07. The molecule has 4 heteroatoms. The molecule has 24 heavy (non-hydrogen) atoms. The highest BCUT2D eigenvalue weighted by molar-refractivity contribution is 6.30. The Hall–Kier alpha value is -1.84. The molecule has 0 spiro atoms. The number of nitrogens with zero attached hydrogens (tertiary/aromatic N) is 1. The van der Waals surface area contributed by atoms with E-state index in [2.05, 4.69) is 4.90 Å². The van der Waals surface area contributed by atoms with Gasteiger partial charge in [-0.05, 0) is 36.4 Å². The number of ether oxygens (including phenoxy) is 1. The van der Waals surface area contributed by atoms with E-state index in [0.717, 1.165) is 38.2 Å². The van der Waals surface area contributed by atoms with Crippen LogP contribution in [-0.2, 0) is 0 Å². The predicted octanol–water partition coefficient (Wildman–Crippen LogP) is 4.07. The second kappa shape index (κ2) is 6.23. The number of hydrogen-bond donors (Lipinski definition) is 0. The Morgan fingerprint density at radius 1 is 1.04 bits per heavy atom. The molecule has 0 radical (unpaired) electrons. The lowest BCUT2D eigenvalue weighted by molar-refractivity contribution is -0.0852. The van der Waals surface area contributed by atoms with Crippen LogP contribution in [0.5, 0.6) is 5.75 Å². The van der Waals surface area contributed by atoms with Crippen LogP contribution in [0.25, 0.3) is 0 Å². The van der Waals surface area contributed by atoms with Crippen LogP contribution in [0, 0.1) is 5.92 Å². The summed E-state index contributed by atoms with van der Waals surface area (Å²) in [4.78, 5) is 15.5. The van der Waals surface area contributed by atoms with Crippen LogP contribution in [0.3, 0.4) is 0 Å². The third-order valence-corrected chi connectivity index (χ3v) is 5.54. The number of para-hydroxylation sites is 1. The van der Waals surface area contributed by atoms with Gasteiger partial charge in [-0.1, -0.05) is 29.8 Å². The zero-order valence-corrected chi connectivity index (χ0v) is 14.2. The fourth-order valence-corrected chi connectivity index (χ4v) is 4.05. The maximum atomic E-state index is 13.1. The van der Waals surface area contributed by atoms with Crippen LogP contribution in [0.2, 0.25) is 5.02 Å². The van der Waals surface area contributed by atoms with Crippen LogP contribution < -0.4 is 4.74 Å². The fraction of sp³-hybridized carbons (Fsp3) is 0.350. The molecule has 124 valence electrons. The number of rotatable bonds is 4. The van der Waals surface area contributed by atoms with E-state index >= 15 is 0 Å². The van der Waals surface area contributed by atoms with Gasteiger partial charge in [0.2, 0.25) is 0 Å². The second-order valence-corrected chi connectivity index (χ2v) is 7.14. The van der Waals surface area contributed by atoms with Crippen molar-refractivity contribution in [2.75, 3.05) is 19.6 Å². The number of fused-ring (bicyclic) bond motifs is 3. The third-order valence-electron chi connectivity index (χ3n) is 5.29. The first kappa shape index (κ1) is 15.7. The Morgan fingerprint density at radius 2 is 1.71 bits per heavy atom. The molecule has 2 aromatic carbocycles. The molecule has 0 aliphatic carbocycles. The molecule has 3 heterocycles. The quantitative estimate of drug-likeness (QED) is 0.785. The highest BCUT2D eigenvalue weighted by Crippen LogP contribution is 2.41. The minimum absolute atomic E-state index is 0.138. The summed E-state index contributed by atoms with van der Waals surface area (Å²) < 4.78 is 6.44. The van der Waals surface area contributed by atoms with E-state index in [0.29, 0.717) is 10.6 Å². The van der Waals surface area contributed by atoms with Gasteiger partial charge in [-0.3, -0.25) is 4.79 Å². The molecule has 3 aliphatic rings. The lowest BCUT2D eigenvalue weighted by atomic mass is 9.71. The van der Waals surface area contributed by atoms with Gasteiger partial charge >= 0.3 is 0 Å². The molecule has 3 saturated heterocycles. The third kappa shape index (κ3) is 2.83. The molecule has 0 saturated carbocycles. The van der Waals surface area contributed by atoms with Crippen molar-refractivity contribution < 1.29 is 9.53 Å². The molecule has 3 nitrogen and oxygen atoms in total. The Morgan fingerprint density at radius 3 is 2.38 bits per heavy atom. The average Bonchev–Trinajstić information content (AvgIpc) is 2.63. The lowest BCUT2D eigenvalue weighted by Crippen LogP contribution is -2.63. The summed E-state index contributed by atoms with van der Waals surface area (Å²) in [5, 5.41) is 0.649. The maximum Gasteiger partial charge on any atom is 0.171 e. The summed E-state index contributed by atoms with van der Waals surface area (Å²) in [7, 11) is 0. The molecule has 2 bridgehead atoms. The Bertz CT molecular complexity index is 721. The lowest BCUT2D eigenvalue weighted by Gasteiger charge is -2.52. The normalized spacial score (nSPS) is 28.5. The van der Waals surface area contributed by atoms with E-state index in [-0.39, 0.29) is 11.7 Å². The summed E-state index contributed by atoms with van der Waals surface area (Å²) in [6.07, 6.45) is 1.79. The molecule has 5 rings (SSSR count). The fourth-order valence-electron chi connectivity index (χ4n) is 3.92. The van der Waals surface area contributed by atoms with E-state index in [4.69, 9.17) is 16.3 Å². The number of hydrogen-bond acceptors (Lipinski definition) is 3. The van der Waals surface area contributed by atoms with Crippen LogP contribution in [0.15, 0.2) is 54.6 Å². The van der Waals surface area contributed by atoms with Crippen LogP contribution in [-0.4, -0.2) is 35.9 Å². The van der Waals surface area contributed by atoms with Gasteiger partial charge in [0.15, 0.2) is 5.78 Å². The number of carbonyl (C=O) groups is 1. The molecule has 1 unspecified atom stereocenters. The van der Waals surface area contributed by atoms with Crippen molar-refractivity contribution in [3.63, 3.8) is 0 Å². The van der Waals surface area contributed by atoms with Crippen molar-refractivity contribution in [2.45, 2.75) is 18.4 Å². The summed E-state index contributed by atoms with van der Waals surface area (Å²) in [6, 6.07) is 17.1. The van der Waals surface area contributed by atoms with Gasteiger partial charge in [-0.25, -0.2) is 0 Å². The van der Waals surface area contributed by atoms with Crippen molar-refractivity contribution in [3.8, 4) is 5.75 Å². The largest absolute Gasteiger partial charge is 0.486 e. The van der Waals surface area contributed by atoms with Gasteiger partial charge in [-0.2, -0.15) is 0 Å². The molecule has 2 aromatic rings. The second-order valence-electron chi connectivity index (χ2n) is 6.70. The summed E-state index contributed by atoms with van der Waals surface area (Å²) >= 11 is 5.96. The zero-order chi connectivity index (χ0) is 16.6. The standard InChI is InChI=1S/C20H20ClNO2/c21-16-8-6-15(7-9-16)19(23)18-14-22-12-10-20(18,11-13-22)24-17-4-2-1-3-5-17/h1-9,18H,10-14H2. The number of Topliss-reactive ketones (excluding diaryl/α,β-unsaturated/α-hetero) is 1. The van der Waals surface area contributed by atoms with Gasteiger partial charge in [0, 0.05) is 43.1 Å². The first-order chi connectivity index (χ1) is 11.7. The average molecular weight is 342 g/mol. The molecule has 1 atom stereocenters. The summed E-state index contributed by atoms with van der Waals surface area (Å²) in [6.45, 7) is 2.77. The van der Waals surface area contributed by atoms with Crippen LogP contribution in [0.4, 0.5) is 0 Å². The molecule has 3 fully saturated rings. The smallest absolute Gasteiger partial charge is 0.171 e. The highest BCUT2D eigenvalue weighted by atomic mass is 35.5. The molecular formula is C20H20ClNO2. The van der Waals surface area contributed by atoms with Crippen molar-refractivity contribution in [1.29, 1.82) is 0 Å². The Labute approximate surface area is 147 Å². The van der Waals surface area contributed by atoms with Gasteiger partial charge in [0.25, 0.3) is 0 Å². The van der Waals surface area contributed by atoms with Crippen LogP contribution in [0.1, 0.15) is 23.2 Å². The van der Waals surface area contributed by atoms with Gasteiger partial charge in [0.1, 0.15) is 11.4 Å². The summed E-state index contributed by atoms with van der Waals surface area (Å²) in [5.41, 5.74) is 0.321. The predicted molar refractivity (Wildman–Crippen MR) is 94.7 cm³/mol. The van der Waals surface area contributed by atoms with E-state index in [1.165, 1.54) is 0 Å². The number of benzene rings is 2. The number of carbonyl (C=O) groups excluding carboxylic acids is 1. The number of halogens is 1. The SMILES string of the molecule is O=C(c1ccc(Cl)cc1)C1CN2CCC1(Oc1ccccc1)CC2.